The summed E-state index contributed by atoms with van der Waals surface area (Å²) in [5, 5.41) is 9.84. The van der Waals surface area contributed by atoms with Gasteiger partial charge in [-0.1, -0.05) is 24.3 Å². The Balaban J connectivity index is 2.25. The summed E-state index contributed by atoms with van der Waals surface area (Å²) >= 11 is 0. The van der Waals surface area contributed by atoms with E-state index in [0.29, 0.717) is 16.8 Å². The molecule has 3 rings (SSSR count). The molecule has 1 aliphatic heterocycles. The number of benzene rings is 1. The Morgan fingerprint density at radius 1 is 1.17 bits per heavy atom. The Hall–Kier alpha value is -2.69. The number of carboxylic acids is 1. The predicted molar refractivity (Wildman–Crippen MR) is 85.1 cm³/mol. The van der Waals surface area contributed by atoms with Crippen LogP contribution in [0.4, 0.5) is 0 Å². The molecule has 0 radical (unpaired) electrons. The molecule has 0 saturated carbocycles. The molecule has 0 spiro atoms. The molecule has 2 heterocycles. The van der Waals surface area contributed by atoms with E-state index in [-0.39, 0.29) is 11.9 Å². The van der Waals surface area contributed by atoms with Crippen LogP contribution in [0.25, 0.3) is 0 Å². The van der Waals surface area contributed by atoms with E-state index >= 15 is 0 Å². The van der Waals surface area contributed by atoms with E-state index in [0.717, 1.165) is 0 Å². The summed E-state index contributed by atoms with van der Waals surface area (Å²) in [4.78, 5) is 30.9. The van der Waals surface area contributed by atoms with Crippen molar-refractivity contribution in [3.8, 4) is 0 Å². The number of rotatable bonds is 3. The summed E-state index contributed by atoms with van der Waals surface area (Å²) in [6, 6.07) is 11.6. The molecule has 5 heteroatoms. The standard InChI is InChI=1S/C18H18N2O3/c1-11(2)20-16(14-9-5-6-10-19-14)15(18(22)23)12-7-3-4-8-13(12)17(20)21/h3-11,15-16H,1-2H3,(H,22,23). The third-order valence-electron chi connectivity index (χ3n) is 4.19. The van der Waals surface area contributed by atoms with Crippen LogP contribution in [-0.4, -0.2) is 32.9 Å². The average Bonchev–Trinajstić information content (AvgIpc) is 2.54. The summed E-state index contributed by atoms with van der Waals surface area (Å²) in [5.74, 6) is -1.93. The molecule has 0 saturated heterocycles. The SMILES string of the molecule is CC(C)N1C(=O)c2ccccc2C(C(=O)O)C1c1ccccn1. The maximum absolute atomic E-state index is 12.9. The van der Waals surface area contributed by atoms with E-state index in [4.69, 9.17) is 0 Å². The first-order valence-electron chi connectivity index (χ1n) is 7.57. The molecule has 0 fully saturated rings. The Morgan fingerprint density at radius 2 is 1.87 bits per heavy atom. The summed E-state index contributed by atoms with van der Waals surface area (Å²) in [6.07, 6.45) is 1.62. The number of fused-ring (bicyclic) bond motifs is 1. The van der Waals surface area contributed by atoms with E-state index in [2.05, 4.69) is 4.98 Å². The molecule has 0 aliphatic carbocycles. The van der Waals surface area contributed by atoms with Crippen LogP contribution < -0.4 is 0 Å². The zero-order valence-corrected chi connectivity index (χ0v) is 13.0. The lowest BCUT2D eigenvalue weighted by molar-refractivity contribution is -0.140. The highest BCUT2D eigenvalue weighted by atomic mass is 16.4. The molecule has 1 aliphatic rings. The molecule has 23 heavy (non-hydrogen) atoms. The van der Waals surface area contributed by atoms with Crippen molar-refractivity contribution in [2.45, 2.75) is 31.8 Å². The van der Waals surface area contributed by atoms with Gasteiger partial charge in [0.15, 0.2) is 0 Å². The minimum Gasteiger partial charge on any atom is -0.481 e. The Labute approximate surface area is 134 Å². The molecule has 1 aromatic heterocycles. The molecule has 2 unspecified atom stereocenters. The molecular weight excluding hydrogens is 292 g/mol. The van der Waals surface area contributed by atoms with Crippen LogP contribution in [0.15, 0.2) is 48.7 Å². The number of carbonyl (C=O) groups is 2. The first-order chi connectivity index (χ1) is 11.0. The minimum absolute atomic E-state index is 0.135. The van der Waals surface area contributed by atoms with Crippen molar-refractivity contribution >= 4 is 11.9 Å². The van der Waals surface area contributed by atoms with Gasteiger partial charge >= 0.3 is 5.97 Å². The largest absolute Gasteiger partial charge is 0.481 e. The number of hydrogen-bond acceptors (Lipinski definition) is 3. The fraction of sp³-hybridized carbons (Fsp3) is 0.278. The summed E-state index contributed by atoms with van der Waals surface area (Å²) in [7, 11) is 0. The topological polar surface area (TPSA) is 70.5 Å². The second kappa shape index (κ2) is 5.83. The monoisotopic (exact) mass is 310 g/mol. The van der Waals surface area contributed by atoms with Gasteiger partial charge in [-0.05, 0) is 37.6 Å². The van der Waals surface area contributed by atoms with Crippen LogP contribution in [0, 0.1) is 0 Å². The number of nitrogens with zero attached hydrogens (tertiary/aromatic N) is 2. The van der Waals surface area contributed by atoms with Crippen LogP contribution in [0.2, 0.25) is 0 Å². The Kier molecular flexibility index (Phi) is 3.86. The van der Waals surface area contributed by atoms with Crippen LogP contribution in [-0.2, 0) is 4.79 Å². The first-order valence-corrected chi connectivity index (χ1v) is 7.57. The van der Waals surface area contributed by atoms with Crippen LogP contribution >= 0.6 is 0 Å². The van der Waals surface area contributed by atoms with Crippen molar-refractivity contribution in [3.63, 3.8) is 0 Å². The quantitative estimate of drug-likeness (QED) is 0.946. The summed E-state index contributed by atoms with van der Waals surface area (Å²) in [5.41, 5.74) is 1.61. The van der Waals surface area contributed by atoms with Crippen molar-refractivity contribution in [3.05, 3.63) is 65.5 Å². The highest BCUT2D eigenvalue weighted by molar-refractivity contribution is 6.00. The normalized spacial score (nSPS) is 20.5. The van der Waals surface area contributed by atoms with E-state index < -0.39 is 17.9 Å². The van der Waals surface area contributed by atoms with Gasteiger partial charge in [0.1, 0.15) is 5.92 Å². The highest BCUT2D eigenvalue weighted by Crippen LogP contribution is 2.43. The average molecular weight is 310 g/mol. The highest BCUT2D eigenvalue weighted by Gasteiger charge is 2.45. The molecule has 118 valence electrons. The van der Waals surface area contributed by atoms with Gasteiger partial charge in [-0.3, -0.25) is 14.6 Å². The van der Waals surface area contributed by atoms with Crippen molar-refractivity contribution in [2.75, 3.05) is 0 Å². The smallest absolute Gasteiger partial charge is 0.313 e. The van der Waals surface area contributed by atoms with E-state index in [1.165, 1.54) is 0 Å². The van der Waals surface area contributed by atoms with Gasteiger partial charge in [0.2, 0.25) is 0 Å². The van der Waals surface area contributed by atoms with Gasteiger partial charge in [0.05, 0.1) is 11.7 Å². The first kappa shape index (κ1) is 15.2. The number of carbonyl (C=O) groups excluding carboxylic acids is 1. The van der Waals surface area contributed by atoms with Gasteiger partial charge in [0, 0.05) is 17.8 Å². The summed E-state index contributed by atoms with van der Waals surface area (Å²) < 4.78 is 0. The molecular formula is C18H18N2O3. The van der Waals surface area contributed by atoms with E-state index in [1.807, 2.05) is 19.9 Å². The second-order valence-electron chi connectivity index (χ2n) is 5.91. The molecule has 1 N–H and O–H groups in total. The molecule has 0 bridgehead atoms. The molecule has 5 nitrogen and oxygen atoms in total. The second-order valence-corrected chi connectivity index (χ2v) is 5.91. The number of amides is 1. The van der Waals surface area contributed by atoms with Gasteiger partial charge in [-0.2, -0.15) is 0 Å². The van der Waals surface area contributed by atoms with E-state index in [1.54, 1.807) is 47.5 Å². The summed E-state index contributed by atoms with van der Waals surface area (Å²) in [6.45, 7) is 3.78. The van der Waals surface area contributed by atoms with Crippen LogP contribution in [0.5, 0.6) is 0 Å². The maximum atomic E-state index is 12.9. The number of pyridine rings is 1. The lowest BCUT2D eigenvalue weighted by atomic mass is 9.80. The number of carboxylic acid groups (broad SMARTS) is 1. The van der Waals surface area contributed by atoms with Crippen molar-refractivity contribution in [1.29, 1.82) is 0 Å². The molecule has 2 atom stereocenters. The van der Waals surface area contributed by atoms with E-state index in [9.17, 15) is 14.7 Å². The van der Waals surface area contributed by atoms with Gasteiger partial charge in [-0.15, -0.1) is 0 Å². The fourth-order valence-electron chi connectivity index (χ4n) is 3.25. The molecule has 1 aromatic carbocycles. The zero-order valence-electron chi connectivity index (χ0n) is 13.0. The van der Waals surface area contributed by atoms with Crippen molar-refractivity contribution < 1.29 is 14.7 Å². The number of hydrogen-bond donors (Lipinski definition) is 1. The Morgan fingerprint density at radius 3 is 2.48 bits per heavy atom. The molecule has 2 aromatic rings. The zero-order chi connectivity index (χ0) is 16.6. The third kappa shape index (κ3) is 2.48. The Bertz CT molecular complexity index is 743. The number of aromatic nitrogens is 1. The van der Waals surface area contributed by atoms with Crippen LogP contribution in [0.1, 0.15) is 47.4 Å². The predicted octanol–water partition coefficient (Wildman–Crippen LogP) is 2.86. The third-order valence-corrected chi connectivity index (χ3v) is 4.19. The van der Waals surface area contributed by atoms with Gasteiger partial charge in [0.25, 0.3) is 5.91 Å². The number of aliphatic carboxylic acids is 1. The van der Waals surface area contributed by atoms with Gasteiger partial charge in [-0.25, -0.2) is 0 Å². The lowest BCUT2D eigenvalue weighted by Gasteiger charge is -2.42. The minimum atomic E-state index is -0.953. The van der Waals surface area contributed by atoms with Gasteiger partial charge < -0.3 is 10.0 Å². The maximum Gasteiger partial charge on any atom is 0.313 e. The van der Waals surface area contributed by atoms with Crippen molar-refractivity contribution in [1.82, 2.24) is 9.88 Å². The lowest BCUT2D eigenvalue weighted by Crippen LogP contribution is -2.48. The molecule has 1 amide bonds. The fourth-order valence-corrected chi connectivity index (χ4v) is 3.25. The van der Waals surface area contributed by atoms with Crippen molar-refractivity contribution in [2.24, 2.45) is 0 Å². The van der Waals surface area contributed by atoms with Crippen LogP contribution in [0.3, 0.4) is 0 Å².